The van der Waals surface area contributed by atoms with Crippen LogP contribution in [0.4, 0.5) is 0 Å². The van der Waals surface area contributed by atoms with Crippen LogP contribution in [-0.2, 0) is 35.2 Å². The van der Waals surface area contributed by atoms with Crippen LogP contribution in [0.5, 0.6) is 11.5 Å². The summed E-state index contributed by atoms with van der Waals surface area (Å²) >= 11 is 0. The van der Waals surface area contributed by atoms with Gasteiger partial charge < -0.3 is 23.7 Å². The minimum Gasteiger partial charge on any atom is -0.493 e. The standard InChI is InChI=1S/C53H87NO8/c1-5-7-9-11-13-15-17-19-21-23-25-27-29-31-33-37-51(55)60-41-35-39-58-49-43-48(47-62-53(57)46-54(3)4)44-50(45-49)59-40-36-42-61-52(56)38-34-32-30-28-26-24-22-20-18-16-14-12-10-8-6-2/h13-16,19-22,43-45H,5-12,17-18,23-42,46-47H2,1-4H3/b15-13-,16-14-,21-19-,22-20-. The molecule has 0 heterocycles. The summed E-state index contributed by atoms with van der Waals surface area (Å²) in [6.07, 6.45) is 45.4. The van der Waals surface area contributed by atoms with Crippen molar-refractivity contribution in [3.63, 3.8) is 0 Å². The van der Waals surface area contributed by atoms with Crippen molar-refractivity contribution in [3.8, 4) is 11.5 Å². The fourth-order valence-electron chi connectivity index (χ4n) is 6.52. The van der Waals surface area contributed by atoms with Crippen LogP contribution >= 0.6 is 0 Å². The molecular weight excluding hydrogens is 779 g/mol. The molecule has 0 aliphatic rings. The van der Waals surface area contributed by atoms with E-state index < -0.39 is 0 Å². The molecule has 1 aromatic rings. The zero-order chi connectivity index (χ0) is 45.0. The van der Waals surface area contributed by atoms with Gasteiger partial charge in [0.25, 0.3) is 0 Å². The number of nitrogens with zero attached hydrogens (tertiary/aromatic N) is 1. The number of rotatable bonds is 42. The van der Waals surface area contributed by atoms with Gasteiger partial charge in [-0.15, -0.1) is 0 Å². The van der Waals surface area contributed by atoms with E-state index in [0.29, 0.717) is 63.6 Å². The van der Waals surface area contributed by atoms with E-state index in [9.17, 15) is 14.4 Å². The van der Waals surface area contributed by atoms with Crippen LogP contribution < -0.4 is 9.47 Å². The maximum atomic E-state index is 12.3. The Morgan fingerprint density at radius 1 is 0.452 bits per heavy atom. The highest BCUT2D eigenvalue weighted by Crippen LogP contribution is 2.24. The van der Waals surface area contributed by atoms with Gasteiger partial charge in [-0.2, -0.15) is 0 Å². The topological polar surface area (TPSA) is 101 Å². The van der Waals surface area contributed by atoms with Crippen LogP contribution in [0.25, 0.3) is 0 Å². The van der Waals surface area contributed by atoms with Crippen molar-refractivity contribution in [2.24, 2.45) is 0 Å². The first kappa shape index (κ1) is 56.2. The summed E-state index contributed by atoms with van der Waals surface area (Å²) in [5.41, 5.74) is 0.734. The summed E-state index contributed by atoms with van der Waals surface area (Å²) in [5.74, 6) is 0.482. The fourth-order valence-corrected chi connectivity index (χ4v) is 6.52. The van der Waals surface area contributed by atoms with E-state index in [1.165, 1.54) is 77.0 Å². The summed E-state index contributed by atoms with van der Waals surface area (Å²) in [7, 11) is 3.62. The number of hydrogen-bond acceptors (Lipinski definition) is 9. The number of ether oxygens (including phenoxy) is 5. The minimum absolute atomic E-state index is 0.0812. The largest absolute Gasteiger partial charge is 0.493 e. The van der Waals surface area contributed by atoms with E-state index in [1.54, 1.807) is 11.0 Å². The van der Waals surface area contributed by atoms with Gasteiger partial charge in [0, 0.05) is 31.7 Å². The number of benzene rings is 1. The maximum absolute atomic E-state index is 12.3. The number of allylic oxidation sites excluding steroid dienone is 8. The Hall–Kier alpha value is -3.85. The lowest BCUT2D eigenvalue weighted by Gasteiger charge is -2.14. The number of carbonyl (C=O) groups excluding carboxylic acids is 3. The molecule has 0 aliphatic carbocycles. The van der Waals surface area contributed by atoms with E-state index >= 15 is 0 Å². The molecule has 9 heteroatoms. The molecule has 1 rings (SSSR count). The van der Waals surface area contributed by atoms with Crippen LogP contribution in [0, 0.1) is 0 Å². The van der Waals surface area contributed by atoms with Gasteiger partial charge in [-0.3, -0.25) is 19.3 Å². The lowest BCUT2D eigenvalue weighted by atomic mass is 10.1. The Bertz CT molecular complexity index is 1280. The molecular formula is C53H87NO8. The van der Waals surface area contributed by atoms with Gasteiger partial charge in [-0.25, -0.2) is 0 Å². The van der Waals surface area contributed by atoms with Crippen molar-refractivity contribution in [3.05, 3.63) is 72.4 Å². The van der Waals surface area contributed by atoms with Crippen LogP contribution in [-0.4, -0.2) is 69.9 Å². The third-order valence-corrected chi connectivity index (χ3v) is 10.1. The predicted octanol–water partition coefficient (Wildman–Crippen LogP) is 13.5. The Morgan fingerprint density at radius 2 is 0.855 bits per heavy atom. The molecule has 0 unspecified atom stereocenters. The first-order chi connectivity index (χ1) is 30.3. The van der Waals surface area contributed by atoms with E-state index in [0.717, 1.165) is 69.8 Å². The Morgan fingerprint density at radius 3 is 1.27 bits per heavy atom. The average Bonchev–Trinajstić information content (AvgIpc) is 3.25. The van der Waals surface area contributed by atoms with Crippen molar-refractivity contribution in [1.82, 2.24) is 4.90 Å². The van der Waals surface area contributed by atoms with Crippen molar-refractivity contribution >= 4 is 17.9 Å². The summed E-state index contributed by atoms with van der Waals surface area (Å²) in [6.45, 7) is 6.02. The molecule has 352 valence electrons. The van der Waals surface area contributed by atoms with Gasteiger partial charge in [-0.05, 0) is 109 Å². The quantitative estimate of drug-likeness (QED) is 0.0275. The average molecular weight is 866 g/mol. The molecule has 0 atom stereocenters. The molecule has 0 radical (unpaired) electrons. The number of hydrogen-bond donors (Lipinski definition) is 0. The molecule has 0 aromatic heterocycles. The molecule has 0 N–H and O–H groups in total. The van der Waals surface area contributed by atoms with Crippen molar-refractivity contribution < 1.29 is 38.1 Å². The Kier molecular flexibility index (Phi) is 38.5. The van der Waals surface area contributed by atoms with E-state index in [1.807, 2.05) is 26.2 Å². The molecule has 0 bridgehead atoms. The van der Waals surface area contributed by atoms with Gasteiger partial charge in [0.05, 0.1) is 33.0 Å². The summed E-state index contributed by atoms with van der Waals surface area (Å²) in [5, 5.41) is 0. The van der Waals surface area contributed by atoms with Crippen LogP contribution in [0.1, 0.15) is 186 Å². The highest BCUT2D eigenvalue weighted by molar-refractivity contribution is 5.71. The predicted molar refractivity (Wildman–Crippen MR) is 256 cm³/mol. The van der Waals surface area contributed by atoms with E-state index in [-0.39, 0.29) is 31.1 Å². The second-order valence-corrected chi connectivity index (χ2v) is 16.5. The lowest BCUT2D eigenvalue weighted by molar-refractivity contribution is -0.146. The zero-order valence-electron chi connectivity index (χ0n) is 39.7. The van der Waals surface area contributed by atoms with E-state index in [2.05, 4.69) is 62.5 Å². The summed E-state index contributed by atoms with van der Waals surface area (Å²) in [4.78, 5) is 38.5. The van der Waals surface area contributed by atoms with Crippen molar-refractivity contribution in [1.29, 1.82) is 0 Å². The molecule has 0 saturated carbocycles. The third-order valence-electron chi connectivity index (χ3n) is 10.1. The smallest absolute Gasteiger partial charge is 0.320 e. The first-order valence-corrected chi connectivity index (χ1v) is 24.4. The SMILES string of the molecule is CCCCC/C=C\C/C=C\CCCCCCCC(=O)OCCCOc1cc(COC(=O)CN(C)C)cc(OCCCOC(=O)CCCCCCC/C=C\C/C=C\CCCCC)c1. The molecule has 0 spiro atoms. The van der Waals surface area contributed by atoms with Gasteiger partial charge >= 0.3 is 17.9 Å². The molecule has 1 aromatic carbocycles. The molecule has 0 fully saturated rings. The normalized spacial score (nSPS) is 11.8. The summed E-state index contributed by atoms with van der Waals surface area (Å²) < 4.78 is 28.3. The second kappa shape index (κ2) is 42.5. The zero-order valence-corrected chi connectivity index (χ0v) is 39.7. The van der Waals surface area contributed by atoms with Crippen LogP contribution in [0.15, 0.2) is 66.8 Å². The van der Waals surface area contributed by atoms with E-state index in [4.69, 9.17) is 23.7 Å². The van der Waals surface area contributed by atoms with Crippen LogP contribution in [0.3, 0.4) is 0 Å². The maximum Gasteiger partial charge on any atom is 0.320 e. The first-order valence-electron chi connectivity index (χ1n) is 24.4. The minimum atomic E-state index is -0.327. The van der Waals surface area contributed by atoms with Gasteiger partial charge in [-0.1, -0.05) is 127 Å². The number of carbonyl (C=O) groups is 3. The third kappa shape index (κ3) is 37.9. The summed E-state index contributed by atoms with van der Waals surface area (Å²) in [6, 6.07) is 5.43. The van der Waals surface area contributed by atoms with Crippen molar-refractivity contribution in [2.45, 2.75) is 187 Å². The highest BCUT2D eigenvalue weighted by atomic mass is 16.5. The molecule has 0 saturated heterocycles. The van der Waals surface area contributed by atoms with Crippen molar-refractivity contribution in [2.75, 3.05) is 47.1 Å². The fraction of sp³-hybridized carbons (Fsp3) is 0.679. The highest BCUT2D eigenvalue weighted by Gasteiger charge is 2.10. The Labute approximate surface area is 378 Å². The van der Waals surface area contributed by atoms with Gasteiger partial charge in [0.2, 0.25) is 0 Å². The number of esters is 3. The monoisotopic (exact) mass is 866 g/mol. The molecule has 62 heavy (non-hydrogen) atoms. The molecule has 0 aliphatic heterocycles. The van der Waals surface area contributed by atoms with Gasteiger partial charge in [0.1, 0.15) is 18.1 Å². The molecule has 9 nitrogen and oxygen atoms in total. The Balaban J connectivity index is 2.27. The second-order valence-electron chi connectivity index (χ2n) is 16.5. The number of unbranched alkanes of at least 4 members (excludes halogenated alkanes) is 16. The van der Waals surface area contributed by atoms with Gasteiger partial charge in [0.15, 0.2) is 0 Å². The molecule has 0 amide bonds. The number of likely N-dealkylation sites (N-methyl/N-ethyl adjacent to an activating group) is 1. The lowest BCUT2D eigenvalue weighted by Crippen LogP contribution is -2.23. The van der Waals surface area contributed by atoms with Crippen LogP contribution in [0.2, 0.25) is 0 Å².